The molecule has 5 aliphatic carbocycles. The number of hydrogen-bond acceptors (Lipinski definition) is 4. The molecule has 0 saturated heterocycles. The molecule has 4 fully saturated rings. The Hall–Kier alpha value is -1.36. The number of esters is 1. The zero-order chi connectivity index (χ0) is 17.7. The van der Waals surface area contributed by atoms with E-state index in [1.54, 1.807) is 4.90 Å². The number of ether oxygens (including phenoxy) is 1. The van der Waals surface area contributed by atoms with Crippen LogP contribution in [0.25, 0.3) is 0 Å². The van der Waals surface area contributed by atoms with Crippen LogP contribution in [0, 0.1) is 17.3 Å². The molecule has 1 amide bonds. The lowest BCUT2D eigenvalue weighted by atomic mass is 9.48. The summed E-state index contributed by atoms with van der Waals surface area (Å²) in [5.74, 6) is 0.479. The second kappa shape index (κ2) is 6.11. The van der Waals surface area contributed by atoms with Crippen LogP contribution in [-0.2, 0) is 14.3 Å². The van der Waals surface area contributed by atoms with Crippen molar-refractivity contribution in [2.24, 2.45) is 17.3 Å². The normalized spacial score (nSPS) is 38.6. The lowest BCUT2D eigenvalue weighted by Crippen LogP contribution is -2.58. The van der Waals surface area contributed by atoms with Gasteiger partial charge in [0.2, 0.25) is 0 Å². The number of allylic oxidation sites excluding steroid dienone is 2. The summed E-state index contributed by atoms with van der Waals surface area (Å²) >= 11 is 0. The standard InChI is InChI=1S/C20H29NO4/c1-2-21(16-5-3-4-6-16)17(22)12-25-18(23)19-8-14-7-15(9-19)11-20(24,10-14)13-19/h5,14-15,24H,2-4,6-13H2,1H3. The minimum absolute atomic E-state index is 0.132. The Bertz CT molecular complexity index is 597. The summed E-state index contributed by atoms with van der Waals surface area (Å²) in [6.45, 7) is 2.38. The molecule has 5 rings (SSSR count). The predicted molar refractivity (Wildman–Crippen MR) is 92.3 cm³/mol. The quantitative estimate of drug-likeness (QED) is 0.777. The first-order valence-electron chi connectivity index (χ1n) is 9.82. The topological polar surface area (TPSA) is 66.8 Å². The molecule has 138 valence electrons. The Kier molecular flexibility index (Phi) is 4.18. The molecular formula is C20H29NO4. The second-order valence-electron chi connectivity index (χ2n) is 8.77. The molecule has 2 unspecified atom stereocenters. The van der Waals surface area contributed by atoms with Gasteiger partial charge in [-0.2, -0.15) is 0 Å². The molecule has 1 N–H and O–H groups in total. The third-order valence-corrected chi connectivity index (χ3v) is 6.77. The van der Waals surface area contributed by atoms with Crippen molar-refractivity contribution in [1.29, 1.82) is 0 Å². The third kappa shape index (κ3) is 3.01. The van der Waals surface area contributed by atoms with E-state index in [9.17, 15) is 14.7 Å². The van der Waals surface area contributed by atoms with Crippen LogP contribution in [0.3, 0.4) is 0 Å². The first kappa shape index (κ1) is 17.1. The Labute approximate surface area is 149 Å². The monoisotopic (exact) mass is 347 g/mol. The molecule has 5 nitrogen and oxygen atoms in total. The van der Waals surface area contributed by atoms with Gasteiger partial charge < -0.3 is 14.7 Å². The number of hydrogen-bond donors (Lipinski definition) is 1. The number of amides is 1. The largest absolute Gasteiger partial charge is 0.455 e. The van der Waals surface area contributed by atoms with Gasteiger partial charge in [-0.05, 0) is 76.5 Å². The number of carbonyl (C=O) groups excluding carboxylic acids is 2. The van der Waals surface area contributed by atoms with Gasteiger partial charge in [-0.25, -0.2) is 0 Å². The van der Waals surface area contributed by atoms with Crippen LogP contribution in [0.4, 0.5) is 0 Å². The van der Waals surface area contributed by atoms with Crippen LogP contribution < -0.4 is 0 Å². The van der Waals surface area contributed by atoms with Crippen molar-refractivity contribution in [1.82, 2.24) is 4.90 Å². The fraction of sp³-hybridized carbons (Fsp3) is 0.800. The summed E-state index contributed by atoms with van der Waals surface area (Å²) in [7, 11) is 0. The average Bonchev–Trinajstić information content (AvgIpc) is 3.05. The van der Waals surface area contributed by atoms with Gasteiger partial charge in [0.1, 0.15) is 0 Å². The molecule has 0 aromatic rings. The predicted octanol–water partition coefficient (Wildman–Crippen LogP) is 2.78. The number of rotatable bonds is 5. The first-order chi connectivity index (χ1) is 11.9. The average molecular weight is 347 g/mol. The van der Waals surface area contributed by atoms with Gasteiger partial charge in [0, 0.05) is 12.2 Å². The molecule has 0 spiro atoms. The summed E-state index contributed by atoms with van der Waals surface area (Å²) < 4.78 is 5.51. The van der Waals surface area contributed by atoms with Gasteiger partial charge in [-0.3, -0.25) is 9.59 Å². The Morgan fingerprint density at radius 3 is 2.56 bits per heavy atom. The molecular weight excluding hydrogens is 318 g/mol. The maximum Gasteiger partial charge on any atom is 0.312 e. The van der Waals surface area contributed by atoms with E-state index in [1.807, 2.05) is 6.92 Å². The van der Waals surface area contributed by atoms with E-state index in [0.29, 0.717) is 24.8 Å². The SMILES string of the molecule is CCN(C(=O)COC(=O)C12CC3CC(CC(O)(C3)C1)C2)C1=CCCC1. The van der Waals surface area contributed by atoms with Gasteiger partial charge >= 0.3 is 5.97 Å². The summed E-state index contributed by atoms with van der Waals surface area (Å²) in [6.07, 6.45) is 10.1. The van der Waals surface area contributed by atoms with Crippen LogP contribution in [0.2, 0.25) is 0 Å². The van der Waals surface area contributed by atoms with E-state index in [4.69, 9.17) is 4.74 Å². The zero-order valence-electron chi connectivity index (χ0n) is 15.1. The fourth-order valence-corrected chi connectivity index (χ4v) is 6.25. The number of carbonyl (C=O) groups is 2. The van der Waals surface area contributed by atoms with Crippen molar-refractivity contribution in [2.75, 3.05) is 13.2 Å². The summed E-state index contributed by atoms with van der Waals surface area (Å²) in [5.41, 5.74) is -0.173. The van der Waals surface area contributed by atoms with Crippen LogP contribution in [0.1, 0.15) is 64.7 Å². The van der Waals surface area contributed by atoms with Crippen molar-refractivity contribution < 1.29 is 19.4 Å². The molecule has 0 heterocycles. The lowest BCUT2D eigenvalue weighted by molar-refractivity contribution is -0.196. The second-order valence-corrected chi connectivity index (χ2v) is 8.77. The van der Waals surface area contributed by atoms with E-state index in [1.165, 1.54) is 0 Å². The van der Waals surface area contributed by atoms with Crippen molar-refractivity contribution in [2.45, 2.75) is 70.3 Å². The molecule has 25 heavy (non-hydrogen) atoms. The molecule has 4 saturated carbocycles. The van der Waals surface area contributed by atoms with Crippen LogP contribution in [0.5, 0.6) is 0 Å². The van der Waals surface area contributed by atoms with Gasteiger partial charge in [-0.1, -0.05) is 6.08 Å². The Morgan fingerprint density at radius 1 is 1.28 bits per heavy atom. The van der Waals surface area contributed by atoms with Gasteiger partial charge in [-0.15, -0.1) is 0 Å². The van der Waals surface area contributed by atoms with Crippen molar-refractivity contribution in [3.05, 3.63) is 11.8 Å². The highest BCUT2D eigenvalue weighted by Crippen LogP contribution is 2.61. The fourth-order valence-electron chi connectivity index (χ4n) is 6.25. The number of likely N-dealkylation sites (N-methyl/N-ethyl adjacent to an activating group) is 1. The highest BCUT2D eigenvalue weighted by molar-refractivity contribution is 5.84. The minimum Gasteiger partial charge on any atom is -0.455 e. The van der Waals surface area contributed by atoms with Crippen molar-refractivity contribution in [3.8, 4) is 0 Å². The van der Waals surface area contributed by atoms with Gasteiger partial charge in [0.05, 0.1) is 11.0 Å². The first-order valence-corrected chi connectivity index (χ1v) is 9.82. The van der Waals surface area contributed by atoms with E-state index in [2.05, 4.69) is 6.08 Å². The van der Waals surface area contributed by atoms with Crippen LogP contribution in [-0.4, -0.2) is 40.6 Å². The van der Waals surface area contributed by atoms with Crippen molar-refractivity contribution >= 4 is 11.9 Å². The molecule has 0 aromatic carbocycles. The third-order valence-electron chi connectivity index (χ3n) is 6.77. The molecule has 4 bridgehead atoms. The number of aliphatic hydroxyl groups is 1. The highest BCUT2D eigenvalue weighted by Gasteiger charge is 2.60. The molecule has 5 aliphatic rings. The van der Waals surface area contributed by atoms with Crippen LogP contribution in [0.15, 0.2) is 11.8 Å². The van der Waals surface area contributed by atoms with E-state index < -0.39 is 11.0 Å². The maximum atomic E-state index is 12.9. The summed E-state index contributed by atoms with van der Waals surface area (Å²) in [4.78, 5) is 27.1. The van der Waals surface area contributed by atoms with E-state index in [0.717, 1.165) is 57.1 Å². The zero-order valence-corrected chi connectivity index (χ0v) is 15.1. The maximum absolute atomic E-state index is 12.9. The van der Waals surface area contributed by atoms with E-state index >= 15 is 0 Å². The molecule has 0 aromatic heterocycles. The molecule has 0 aliphatic heterocycles. The summed E-state index contributed by atoms with van der Waals surface area (Å²) in [6, 6.07) is 0. The lowest BCUT2D eigenvalue weighted by Gasteiger charge is -2.58. The Morgan fingerprint density at radius 2 is 2.00 bits per heavy atom. The molecule has 0 radical (unpaired) electrons. The summed E-state index contributed by atoms with van der Waals surface area (Å²) in [5, 5.41) is 10.8. The van der Waals surface area contributed by atoms with E-state index in [-0.39, 0.29) is 18.5 Å². The van der Waals surface area contributed by atoms with Crippen molar-refractivity contribution in [3.63, 3.8) is 0 Å². The molecule has 2 atom stereocenters. The van der Waals surface area contributed by atoms with Gasteiger partial charge in [0.15, 0.2) is 6.61 Å². The highest BCUT2D eigenvalue weighted by atomic mass is 16.5. The number of nitrogens with zero attached hydrogens (tertiary/aromatic N) is 1. The van der Waals surface area contributed by atoms with Gasteiger partial charge in [0.25, 0.3) is 5.91 Å². The minimum atomic E-state index is -0.683. The molecule has 5 heteroatoms. The smallest absolute Gasteiger partial charge is 0.312 e. The van der Waals surface area contributed by atoms with Crippen LogP contribution >= 0.6 is 0 Å². The Balaban J connectivity index is 1.40.